The molecular formula is C23H32N2OS. The normalized spacial score (nSPS) is 21.2. The third-order valence-corrected chi connectivity index (χ3v) is 5.63. The number of thiol groups is 1. The Labute approximate surface area is 169 Å². The summed E-state index contributed by atoms with van der Waals surface area (Å²) in [4.78, 5) is 3.67. The van der Waals surface area contributed by atoms with E-state index < -0.39 is 0 Å². The first-order chi connectivity index (χ1) is 13.2. The van der Waals surface area contributed by atoms with E-state index in [0.29, 0.717) is 0 Å². The number of hydrogen-bond acceptors (Lipinski definition) is 4. The largest absolute Gasteiger partial charge is 0.457 e. The van der Waals surface area contributed by atoms with Crippen molar-refractivity contribution in [1.82, 2.24) is 10.2 Å². The third kappa shape index (κ3) is 6.87. The summed E-state index contributed by atoms with van der Waals surface area (Å²) in [6, 6.07) is 18.2. The van der Waals surface area contributed by atoms with Gasteiger partial charge in [0.2, 0.25) is 0 Å². The Morgan fingerprint density at radius 3 is 2.26 bits per heavy atom. The summed E-state index contributed by atoms with van der Waals surface area (Å²) in [5, 5.41) is 3.44. The Balaban J connectivity index is 0.000000156. The maximum absolute atomic E-state index is 5.60. The van der Waals surface area contributed by atoms with Crippen molar-refractivity contribution in [1.29, 1.82) is 0 Å². The molecule has 0 spiro atoms. The molecule has 4 heteroatoms. The van der Waals surface area contributed by atoms with E-state index in [9.17, 15) is 0 Å². The van der Waals surface area contributed by atoms with Crippen molar-refractivity contribution in [2.45, 2.75) is 43.5 Å². The number of nitrogens with zero attached hydrogens (tertiary/aromatic N) is 1. The fraction of sp³-hybridized carbons (Fsp3) is 0.478. The van der Waals surface area contributed by atoms with Crippen LogP contribution in [0.3, 0.4) is 0 Å². The predicted molar refractivity (Wildman–Crippen MR) is 116 cm³/mol. The summed E-state index contributed by atoms with van der Waals surface area (Å²) in [7, 11) is 0. The van der Waals surface area contributed by atoms with Gasteiger partial charge < -0.3 is 15.0 Å². The van der Waals surface area contributed by atoms with Gasteiger partial charge in [-0.15, -0.1) is 12.6 Å². The highest BCUT2D eigenvalue weighted by atomic mass is 32.1. The van der Waals surface area contributed by atoms with E-state index >= 15 is 0 Å². The van der Waals surface area contributed by atoms with Crippen LogP contribution < -0.4 is 10.1 Å². The van der Waals surface area contributed by atoms with Gasteiger partial charge in [-0.05, 0) is 87.6 Å². The molecule has 1 atom stereocenters. The molecule has 4 rings (SSSR count). The summed E-state index contributed by atoms with van der Waals surface area (Å²) < 4.78 is 5.60. The van der Waals surface area contributed by atoms with Crippen molar-refractivity contribution < 1.29 is 4.74 Å². The van der Waals surface area contributed by atoms with Crippen molar-refractivity contribution >= 4 is 12.6 Å². The summed E-state index contributed by atoms with van der Waals surface area (Å²) in [6.07, 6.45) is 5.60. The molecule has 1 N–H and O–H groups in total. The lowest BCUT2D eigenvalue weighted by atomic mass is 9.96. The molecule has 0 amide bonds. The Bertz CT molecular complexity index is 656. The smallest absolute Gasteiger partial charge is 0.127 e. The molecule has 0 radical (unpaired) electrons. The van der Waals surface area contributed by atoms with Crippen LogP contribution in [0.2, 0.25) is 0 Å². The number of para-hydroxylation sites is 1. The number of rotatable bonds is 3. The maximum atomic E-state index is 5.60. The van der Waals surface area contributed by atoms with Crippen LogP contribution in [0.1, 0.15) is 32.6 Å². The second-order valence-electron chi connectivity index (χ2n) is 7.63. The molecule has 2 aromatic carbocycles. The average molecular weight is 385 g/mol. The van der Waals surface area contributed by atoms with Gasteiger partial charge in [0.05, 0.1) is 0 Å². The SMILES string of the molecule is CC1CCCN(C2CCNCC2)C1.Sc1ccc(Oc2ccccc2)cc1. The average Bonchev–Trinajstić information content (AvgIpc) is 2.72. The van der Waals surface area contributed by atoms with Gasteiger partial charge in [0.1, 0.15) is 11.5 Å². The van der Waals surface area contributed by atoms with Crippen molar-refractivity contribution in [3.63, 3.8) is 0 Å². The van der Waals surface area contributed by atoms with Crippen LogP contribution in [0.5, 0.6) is 11.5 Å². The Hall–Kier alpha value is -1.49. The Morgan fingerprint density at radius 2 is 1.59 bits per heavy atom. The second-order valence-corrected chi connectivity index (χ2v) is 8.15. The zero-order valence-corrected chi connectivity index (χ0v) is 17.2. The van der Waals surface area contributed by atoms with Gasteiger partial charge >= 0.3 is 0 Å². The minimum absolute atomic E-state index is 0.828. The monoisotopic (exact) mass is 384 g/mol. The molecule has 27 heavy (non-hydrogen) atoms. The first kappa shape index (κ1) is 20.2. The summed E-state index contributed by atoms with van der Waals surface area (Å²) in [5.74, 6) is 2.61. The minimum Gasteiger partial charge on any atom is -0.457 e. The number of likely N-dealkylation sites (tertiary alicyclic amines) is 1. The van der Waals surface area contributed by atoms with Gasteiger partial charge in [0.15, 0.2) is 0 Å². The van der Waals surface area contributed by atoms with Crippen LogP contribution in [0.4, 0.5) is 0 Å². The lowest BCUT2D eigenvalue weighted by Gasteiger charge is -2.39. The standard InChI is InChI=1S/C12H10OS.C11H22N2/c14-12-8-6-11(7-9-12)13-10-4-2-1-3-5-10;1-10-3-2-8-13(9-10)11-4-6-12-7-5-11/h1-9,14H;10-12H,2-9H2,1H3. The molecule has 2 saturated heterocycles. The van der Waals surface area contributed by atoms with E-state index in [1.54, 1.807) is 0 Å². The van der Waals surface area contributed by atoms with Crippen LogP contribution in [0.25, 0.3) is 0 Å². The number of nitrogens with one attached hydrogen (secondary N) is 1. The van der Waals surface area contributed by atoms with Crippen molar-refractivity contribution in [2.24, 2.45) is 5.92 Å². The maximum Gasteiger partial charge on any atom is 0.127 e. The van der Waals surface area contributed by atoms with E-state index in [1.807, 2.05) is 54.6 Å². The minimum atomic E-state index is 0.828. The van der Waals surface area contributed by atoms with Gasteiger partial charge in [-0.25, -0.2) is 0 Å². The fourth-order valence-corrected chi connectivity index (χ4v) is 4.02. The highest BCUT2D eigenvalue weighted by Gasteiger charge is 2.24. The van der Waals surface area contributed by atoms with E-state index in [-0.39, 0.29) is 0 Å². The molecular weight excluding hydrogens is 352 g/mol. The molecule has 2 aliphatic rings. The van der Waals surface area contributed by atoms with Crippen molar-refractivity contribution in [3.8, 4) is 11.5 Å². The summed E-state index contributed by atoms with van der Waals surface area (Å²) in [5.41, 5.74) is 0. The van der Waals surface area contributed by atoms with Crippen LogP contribution in [0.15, 0.2) is 59.5 Å². The molecule has 0 aliphatic carbocycles. The first-order valence-electron chi connectivity index (χ1n) is 10.2. The Kier molecular flexibility index (Phi) is 8.06. The molecule has 2 aromatic rings. The van der Waals surface area contributed by atoms with Crippen LogP contribution in [-0.2, 0) is 0 Å². The van der Waals surface area contributed by atoms with Gasteiger partial charge in [-0.1, -0.05) is 25.1 Å². The van der Waals surface area contributed by atoms with Gasteiger partial charge in [0, 0.05) is 17.5 Å². The van der Waals surface area contributed by atoms with E-state index in [0.717, 1.165) is 28.4 Å². The fourth-order valence-electron chi connectivity index (χ4n) is 3.87. The predicted octanol–water partition coefficient (Wildman–Crippen LogP) is 5.24. The highest BCUT2D eigenvalue weighted by molar-refractivity contribution is 7.80. The number of benzene rings is 2. The molecule has 1 unspecified atom stereocenters. The molecule has 146 valence electrons. The van der Waals surface area contributed by atoms with E-state index in [1.165, 1.54) is 51.9 Å². The van der Waals surface area contributed by atoms with Crippen LogP contribution >= 0.6 is 12.6 Å². The third-order valence-electron chi connectivity index (χ3n) is 5.33. The number of ether oxygens (including phenoxy) is 1. The van der Waals surface area contributed by atoms with E-state index in [2.05, 4.69) is 29.8 Å². The molecule has 3 nitrogen and oxygen atoms in total. The van der Waals surface area contributed by atoms with Crippen molar-refractivity contribution in [2.75, 3.05) is 26.2 Å². The molecule has 0 bridgehead atoms. The highest BCUT2D eigenvalue weighted by Crippen LogP contribution is 2.22. The number of piperidine rings is 2. The lowest BCUT2D eigenvalue weighted by Crippen LogP contribution is -2.47. The molecule has 0 saturated carbocycles. The summed E-state index contributed by atoms with van der Waals surface area (Å²) in [6.45, 7) is 7.57. The zero-order chi connectivity index (χ0) is 18.9. The molecule has 2 heterocycles. The molecule has 0 aromatic heterocycles. The second kappa shape index (κ2) is 10.7. The zero-order valence-electron chi connectivity index (χ0n) is 16.3. The van der Waals surface area contributed by atoms with Gasteiger partial charge in [0.25, 0.3) is 0 Å². The molecule has 2 aliphatic heterocycles. The first-order valence-corrected chi connectivity index (χ1v) is 10.6. The topological polar surface area (TPSA) is 24.5 Å². The van der Waals surface area contributed by atoms with Crippen LogP contribution in [0, 0.1) is 5.92 Å². The van der Waals surface area contributed by atoms with Crippen LogP contribution in [-0.4, -0.2) is 37.1 Å². The molecule has 2 fully saturated rings. The lowest BCUT2D eigenvalue weighted by molar-refractivity contribution is 0.108. The Morgan fingerprint density at radius 1 is 0.926 bits per heavy atom. The van der Waals surface area contributed by atoms with Gasteiger partial charge in [-0.2, -0.15) is 0 Å². The van der Waals surface area contributed by atoms with Crippen molar-refractivity contribution in [3.05, 3.63) is 54.6 Å². The quantitative estimate of drug-likeness (QED) is 0.708. The van der Waals surface area contributed by atoms with Gasteiger partial charge in [-0.3, -0.25) is 0 Å². The summed E-state index contributed by atoms with van der Waals surface area (Å²) >= 11 is 4.20. The number of hydrogen-bond donors (Lipinski definition) is 2. The van der Waals surface area contributed by atoms with E-state index in [4.69, 9.17) is 4.74 Å².